The van der Waals surface area contributed by atoms with Crippen molar-refractivity contribution in [2.24, 2.45) is 0 Å². The Morgan fingerprint density at radius 1 is 1.42 bits per heavy atom. The summed E-state index contributed by atoms with van der Waals surface area (Å²) in [6.45, 7) is 8.86. The van der Waals surface area contributed by atoms with Crippen molar-refractivity contribution in [1.82, 2.24) is 10.2 Å². The number of benzene rings is 1. The molecule has 1 aromatic rings. The van der Waals surface area contributed by atoms with Crippen LogP contribution in [0.15, 0.2) is 29.5 Å². The van der Waals surface area contributed by atoms with E-state index in [0.717, 1.165) is 23.4 Å². The van der Waals surface area contributed by atoms with Crippen LogP contribution in [0.4, 0.5) is 0 Å². The molecule has 0 saturated carbocycles. The molecule has 1 unspecified atom stereocenters. The standard InChI is InChI=1S/C18H23ClN2O2S/c1-5-9-23-15-8-7-13(19)10-14(15)17-16(12(4)22)11(3)21(6-2)18(24)20-17/h7-8,10,17H,5-6,9H2,1-4H3,(H,20,24). The third kappa shape index (κ3) is 3.73. The van der Waals surface area contributed by atoms with E-state index in [1.807, 2.05) is 37.8 Å². The minimum absolute atomic E-state index is 0.00682. The Balaban J connectivity index is 2.57. The van der Waals surface area contributed by atoms with Gasteiger partial charge in [-0.05, 0) is 57.6 Å². The van der Waals surface area contributed by atoms with E-state index >= 15 is 0 Å². The zero-order valence-corrected chi connectivity index (χ0v) is 16.1. The molecule has 0 aliphatic carbocycles. The first-order chi connectivity index (χ1) is 11.4. The van der Waals surface area contributed by atoms with Crippen LogP contribution in [0, 0.1) is 0 Å². The molecule has 1 aliphatic rings. The number of ketones is 1. The van der Waals surface area contributed by atoms with Gasteiger partial charge in [0.2, 0.25) is 0 Å². The number of carbonyl (C=O) groups is 1. The van der Waals surface area contributed by atoms with Crippen molar-refractivity contribution in [1.29, 1.82) is 0 Å². The van der Waals surface area contributed by atoms with E-state index in [1.165, 1.54) is 0 Å². The number of carbonyl (C=O) groups excluding carboxylic acids is 1. The highest BCUT2D eigenvalue weighted by Crippen LogP contribution is 2.37. The number of nitrogens with zero attached hydrogens (tertiary/aromatic N) is 1. The van der Waals surface area contributed by atoms with Crippen molar-refractivity contribution in [3.05, 3.63) is 40.1 Å². The number of ether oxygens (including phenoxy) is 1. The molecule has 1 atom stereocenters. The third-order valence-electron chi connectivity index (χ3n) is 4.04. The van der Waals surface area contributed by atoms with Crippen molar-refractivity contribution < 1.29 is 9.53 Å². The summed E-state index contributed by atoms with van der Waals surface area (Å²) in [7, 11) is 0. The smallest absolute Gasteiger partial charge is 0.173 e. The van der Waals surface area contributed by atoms with E-state index < -0.39 is 0 Å². The summed E-state index contributed by atoms with van der Waals surface area (Å²) in [6.07, 6.45) is 0.899. The van der Waals surface area contributed by atoms with Gasteiger partial charge in [0.05, 0.1) is 12.6 Å². The van der Waals surface area contributed by atoms with Crippen LogP contribution in [0.25, 0.3) is 0 Å². The van der Waals surface area contributed by atoms with Gasteiger partial charge in [0.1, 0.15) is 5.75 Å². The molecule has 0 amide bonds. The van der Waals surface area contributed by atoms with Gasteiger partial charge in [-0.1, -0.05) is 18.5 Å². The Morgan fingerprint density at radius 2 is 2.12 bits per heavy atom. The van der Waals surface area contributed by atoms with Crippen LogP contribution in [-0.4, -0.2) is 28.9 Å². The first-order valence-corrected chi connectivity index (χ1v) is 8.91. The predicted molar refractivity (Wildman–Crippen MR) is 101 cm³/mol. The lowest BCUT2D eigenvalue weighted by molar-refractivity contribution is -0.114. The molecule has 0 aromatic heterocycles. The first-order valence-electron chi connectivity index (χ1n) is 8.12. The Labute approximate surface area is 153 Å². The van der Waals surface area contributed by atoms with Gasteiger partial charge in [-0.25, -0.2) is 0 Å². The van der Waals surface area contributed by atoms with Crippen LogP contribution in [0.2, 0.25) is 5.02 Å². The summed E-state index contributed by atoms with van der Waals surface area (Å²) >= 11 is 11.7. The van der Waals surface area contributed by atoms with Gasteiger partial charge in [-0.2, -0.15) is 0 Å². The lowest BCUT2D eigenvalue weighted by Gasteiger charge is -2.37. The molecule has 1 N–H and O–H groups in total. The summed E-state index contributed by atoms with van der Waals surface area (Å²) in [5.41, 5.74) is 2.40. The van der Waals surface area contributed by atoms with Gasteiger partial charge < -0.3 is 15.0 Å². The number of nitrogens with one attached hydrogen (secondary N) is 1. The minimum Gasteiger partial charge on any atom is -0.493 e. The molecule has 1 heterocycles. The third-order valence-corrected chi connectivity index (χ3v) is 4.61. The molecule has 2 rings (SSSR count). The molecular weight excluding hydrogens is 344 g/mol. The summed E-state index contributed by atoms with van der Waals surface area (Å²) in [5, 5.41) is 4.48. The van der Waals surface area contributed by atoms with Gasteiger partial charge in [-0.15, -0.1) is 0 Å². The average Bonchev–Trinajstić information content (AvgIpc) is 2.53. The van der Waals surface area contributed by atoms with Crippen LogP contribution in [0.1, 0.15) is 45.7 Å². The van der Waals surface area contributed by atoms with Crippen LogP contribution >= 0.6 is 23.8 Å². The van der Waals surface area contributed by atoms with E-state index in [9.17, 15) is 4.79 Å². The number of allylic oxidation sites excluding steroid dienone is 1. The molecule has 1 aliphatic heterocycles. The van der Waals surface area contributed by atoms with Crippen molar-refractivity contribution in [3.8, 4) is 5.75 Å². The minimum atomic E-state index is -0.358. The zero-order chi connectivity index (χ0) is 17.9. The molecule has 0 spiro atoms. The Hall–Kier alpha value is -1.59. The van der Waals surface area contributed by atoms with Gasteiger partial charge in [0.15, 0.2) is 10.9 Å². The van der Waals surface area contributed by atoms with Gasteiger partial charge >= 0.3 is 0 Å². The summed E-state index contributed by atoms with van der Waals surface area (Å²) in [4.78, 5) is 14.3. The number of thiocarbonyl (C=S) groups is 1. The second-order valence-electron chi connectivity index (χ2n) is 5.71. The van der Waals surface area contributed by atoms with Crippen LogP contribution < -0.4 is 10.1 Å². The van der Waals surface area contributed by atoms with Crippen LogP contribution in [0.3, 0.4) is 0 Å². The largest absolute Gasteiger partial charge is 0.493 e. The maximum Gasteiger partial charge on any atom is 0.173 e. The van der Waals surface area contributed by atoms with E-state index in [4.69, 9.17) is 28.6 Å². The second kappa shape index (κ2) is 7.99. The van der Waals surface area contributed by atoms with Crippen molar-refractivity contribution in [3.63, 3.8) is 0 Å². The zero-order valence-electron chi connectivity index (χ0n) is 14.5. The van der Waals surface area contributed by atoms with Gasteiger partial charge in [0, 0.05) is 28.4 Å². The molecule has 0 saturated heterocycles. The maximum atomic E-state index is 12.3. The Bertz CT molecular complexity index is 688. The summed E-state index contributed by atoms with van der Waals surface area (Å²) in [6, 6.07) is 5.12. The van der Waals surface area contributed by atoms with Crippen LogP contribution in [0.5, 0.6) is 5.75 Å². The summed E-state index contributed by atoms with van der Waals surface area (Å²) in [5.74, 6) is 0.727. The number of halogens is 1. The fourth-order valence-corrected chi connectivity index (χ4v) is 3.51. The highest BCUT2D eigenvalue weighted by molar-refractivity contribution is 7.80. The molecule has 130 valence electrons. The number of hydrogen-bond acceptors (Lipinski definition) is 3. The highest BCUT2D eigenvalue weighted by atomic mass is 35.5. The van der Waals surface area contributed by atoms with Crippen molar-refractivity contribution in [2.45, 2.75) is 40.2 Å². The Morgan fingerprint density at radius 3 is 2.71 bits per heavy atom. The van der Waals surface area contributed by atoms with E-state index in [2.05, 4.69) is 5.32 Å². The average molecular weight is 367 g/mol. The van der Waals surface area contributed by atoms with Gasteiger partial charge in [0.25, 0.3) is 0 Å². The highest BCUT2D eigenvalue weighted by Gasteiger charge is 2.33. The number of Topliss-reactive ketones (excluding diaryl/α,β-unsaturated/α-hetero) is 1. The first kappa shape index (κ1) is 18.7. The molecule has 0 fully saturated rings. The summed E-state index contributed by atoms with van der Waals surface area (Å²) < 4.78 is 5.86. The molecular formula is C18H23ClN2O2S. The fraction of sp³-hybridized carbons (Fsp3) is 0.444. The van der Waals surface area contributed by atoms with E-state index in [-0.39, 0.29) is 11.8 Å². The molecule has 0 bridgehead atoms. The maximum absolute atomic E-state index is 12.3. The lowest BCUT2D eigenvalue weighted by Crippen LogP contribution is -2.47. The van der Waals surface area contributed by atoms with Gasteiger partial charge in [-0.3, -0.25) is 4.79 Å². The number of rotatable bonds is 6. The lowest BCUT2D eigenvalue weighted by atomic mass is 9.92. The molecule has 4 nitrogen and oxygen atoms in total. The number of hydrogen-bond donors (Lipinski definition) is 1. The van der Waals surface area contributed by atoms with E-state index in [0.29, 0.717) is 28.9 Å². The van der Waals surface area contributed by atoms with Crippen LogP contribution in [-0.2, 0) is 4.79 Å². The molecule has 1 aromatic carbocycles. The fourth-order valence-electron chi connectivity index (χ4n) is 2.94. The predicted octanol–water partition coefficient (Wildman–Crippen LogP) is 4.24. The molecule has 24 heavy (non-hydrogen) atoms. The molecule has 6 heteroatoms. The topological polar surface area (TPSA) is 41.6 Å². The van der Waals surface area contributed by atoms with Crippen molar-refractivity contribution in [2.75, 3.05) is 13.2 Å². The second-order valence-corrected chi connectivity index (χ2v) is 6.54. The quantitative estimate of drug-likeness (QED) is 0.762. The van der Waals surface area contributed by atoms with Crippen molar-refractivity contribution >= 4 is 34.7 Å². The molecule has 0 radical (unpaired) electrons. The monoisotopic (exact) mass is 366 g/mol. The van der Waals surface area contributed by atoms with E-state index in [1.54, 1.807) is 13.0 Å². The normalized spacial score (nSPS) is 17.8. The SMILES string of the molecule is CCCOc1ccc(Cl)cc1C1NC(=S)N(CC)C(C)=C1C(C)=O. The Kier molecular flexibility index (Phi) is 6.24.